The van der Waals surface area contributed by atoms with E-state index in [9.17, 15) is 0 Å². The van der Waals surface area contributed by atoms with Crippen LogP contribution in [-0.4, -0.2) is 15.6 Å². The van der Waals surface area contributed by atoms with Crippen molar-refractivity contribution >= 4 is 19.8 Å². The monoisotopic (exact) mass is 216 g/mol. The van der Waals surface area contributed by atoms with Gasteiger partial charge in [-0.3, -0.25) is 0 Å². The average Bonchev–Trinajstić information content (AvgIpc) is 2.30. The van der Waals surface area contributed by atoms with Gasteiger partial charge in [0, 0.05) is 6.61 Å². The first-order valence-corrected chi connectivity index (χ1v) is 7.66. The van der Waals surface area contributed by atoms with E-state index in [2.05, 4.69) is 31.2 Å². The fourth-order valence-corrected chi connectivity index (χ4v) is 5.68. The van der Waals surface area contributed by atoms with Crippen LogP contribution in [0.2, 0.25) is 6.04 Å². The molecule has 0 N–H and O–H groups in total. The van der Waals surface area contributed by atoms with Gasteiger partial charge in [-0.05, 0) is 41.3 Å². The lowest BCUT2D eigenvalue weighted by Gasteiger charge is -2.33. The van der Waals surface area contributed by atoms with Gasteiger partial charge in [-0.1, -0.05) is 30.7 Å². The fourth-order valence-electron chi connectivity index (χ4n) is 2.71. The molecule has 2 heteroatoms. The van der Waals surface area contributed by atoms with Crippen LogP contribution in [0.5, 0.6) is 0 Å². The molecule has 1 aromatic carbocycles. The molecule has 78 valence electrons. The topological polar surface area (TPSA) is 9.23 Å². The second-order valence-corrected chi connectivity index (χ2v) is 6.90. The van der Waals surface area contributed by atoms with E-state index in [0.717, 1.165) is 6.61 Å². The minimum Gasteiger partial charge on any atom is -0.415 e. The number of rotatable bonds is 1. The standard InChI is InChI=1S/C13H16OSi/c1-10-11-6-2-3-7-12(11)13(10)15-9-5-4-8-14-15/h2-3,6-7,15H,4-5,8-9H2,1H3. The third kappa shape index (κ3) is 1.40. The Morgan fingerprint density at radius 3 is 2.67 bits per heavy atom. The first-order chi connectivity index (χ1) is 7.38. The molecule has 1 fully saturated rings. The molecule has 0 aromatic heterocycles. The van der Waals surface area contributed by atoms with Gasteiger partial charge in [-0.2, -0.15) is 0 Å². The van der Waals surface area contributed by atoms with Crippen molar-refractivity contribution in [1.29, 1.82) is 0 Å². The van der Waals surface area contributed by atoms with Crippen LogP contribution in [-0.2, 0) is 4.43 Å². The molecule has 1 aliphatic carbocycles. The van der Waals surface area contributed by atoms with E-state index in [-0.39, 0.29) is 0 Å². The van der Waals surface area contributed by atoms with Crippen LogP contribution in [0.25, 0.3) is 10.8 Å². The Kier molecular flexibility index (Phi) is 2.26. The summed E-state index contributed by atoms with van der Waals surface area (Å²) in [5.41, 5.74) is 4.44. The van der Waals surface area contributed by atoms with Crippen molar-refractivity contribution in [2.24, 2.45) is 0 Å². The number of allylic oxidation sites excluding steroid dienone is 1. The average molecular weight is 216 g/mol. The molecule has 1 nitrogen and oxygen atoms in total. The molecule has 1 aromatic rings. The molecule has 0 amide bonds. The first-order valence-electron chi connectivity index (χ1n) is 5.80. The Morgan fingerprint density at radius 2 is 1.93 bits per heavy atom. The third-order valence-electron chi connectivity index (χ3n) is 3.53. The quantitative estimate of drug-likeness (QED) is 0.656. The van der Waals surface area contributed by atoms with Gasteiger partial charge in [0.1, 0.15) is 0 Å². The second-order valence-electron chi connectivity index (χ2n) is 4.44. The van der Waals surface area contributed by atoms with Gasteiger partial charge >= 0.3 is 0 Å². The van der Waals surface area contributed by atoms with Crippen molar-refractivity contribution in [1.82, 2.24) is 0 Å². The van der Waals surface area contributed by atoms with Crippen molar-refractivity contribution in [3.05, 3.63) is 35.4 Å². The molecular weight excluding hydrogens is 200 g/mol. The van der Waals surface area contributed by atoms with Gasteiger partial charge in [-0.15, -0.1) is 0 Å². The molecule has 1 aliphatic heterocycles. The van der Waals surface area contributed by atoms with Crippen molar-refractivity contribution in [2.75, 3.05) is 6.61 Å². The molecule has 0 radical (unpaired) electrons. The van der Waals surface area contributed by atoms with Crippen LogP contribution >= 0.6 is 0 Å². The molecule has 0 spiro atoms. The first kappa shape index (κ1) is 9.37. The maximum Gasteiger partial charge on any atom is 0.209 e. The summed E-state index contributed by atoms with van der Waals surface area (Å²) in [6, 6.07) is 10.1. The summed E-state index contributed by atoms with van der Waals surface area (Å²) in [6.45, 7) is 3.25. The van der Waals surface area contributed by atoms with E-state index < -0.39 is 9.04 Å². The predicted molar refractivity (Wildman–Crippen MR) is 66.1 cm³/mol. The molecule has 0 saturated carbocycles. The van der Waals surface area contributed by atoms with E-state index >= 15 is 0 Å². The highest BCUT2D eigenvalue weighted by Gasteiger charge is 2.31. The van der Waals surface area contributed by atoms with E-state index in [1.165, 1.54) is 35.6 Å². The Hall–Kier alpha value is -0.863. The number of hydrogen-bond acceptors (Lipinski definition) is 1. The molecule has 3 rings (SSSR count). The summed E-state index contributed by atoms with van der Waals surface area (Å²) in [6.07, 6.45) is 2.63. The highest BCUT2D eigenvalue weighted by molar-refractivity contribution is 6.77. The normalized spacial score (nSPS) is 24.7. The van der Waals surface area contributed by atoms with E-state index in [4.69, 9.17) is 4.43 Å². The summed E-state index contributed by atoms with van der Waals surface area (Å²) in [4.78, 5) is 0. The maximum atomic E-state index is 5.99. The Balaban J connectivity index is 1.92. The van der Waals surface area contributed by atoms with Crippen LogP contribution in [0.3, 0.4) is 0 Å². The van der Waals surface area contributed by atoms with Crippen molar-refractivity contribution in [2.45, 2.75) is 25.8 Å². The van der Waals surface area contributed by atoms with Crippen LogP contribution in [0, 0.1) is 0 Å². The number of benzene rings is 1. The molecular formula is C13H16OSi. The second kappa shape index (κ2) is 3.61. The van der Waals surface area contributed by atoms with E-state index in [0.29, 0.717) is 0 Å². The molecule has 1 saturated heterocycles. The van der Waals surface area contributed by atoms with E-state index in [1.807, 2.05) is 0 Å². The lowest BCUT2D eigenvalue weighted by atomic mass is 9.89. The molecule has 0 bridgehead atoms. The zero-order chi connectivity index (χ0) is 10.3. The summed E-state index contributed by atoms with van der Waals surface area (Å²) in [5.74, 6) is 0. The Labute approximate surface area is 92.5 Å². The van der Waals surface area contributed by atoms with Gasteiger partial charge in [0.05, 0.1) is 0 Å². The van der Waals surface area contributed by atoms with Gasteiger partial charge < -0.3 is 4.43 Å². The third-order valence-corrected chi connectivity index (χ3v) is 6.49. The lowest BCUT2D eigenvalue weighted by molar-refractivity contribution is 0.295. The smallest absolute Gasteiger partial charge is 0.209 e. The zero-order valence-electron chi connectivity index (χ0n) is 9.12. The minimum absolute atomic E-state index is 0.996. The highest BCUT2D eigenvalue weighted by Crippen LogP contribution is 2.43. The van der Waals surface area contributed by atoms with Gasteiger partial charge in [0.2, 0.25) is 9.04 Å². The minimum atomic E-state index is -1.05. The van der Waals surface area contributed by atoms with Crippen LogP contribution in [0.1, 0.15) is 30.9 Å². The van der Waals surface area contributed by atoms with Crippen molar-refractivity contribution < 1.29 is 4.43 Å². The molecule has 1 atom stereocenters. The van der Waals surface area contributed by atoms with Gasteiger partial charge in [0.25, 0.3) is 0 Å². The number of hydrogen-bond donors (Lipinski definition) is 0. The van der Waals surface area contributed by atoms with Crippen LogP contribution in [0.15, 0.2) is 24.3 Å². The largest absolute Gasteiger partial charge is 0.415 e. The predicted octanol–water partition coefficient (Wildman–Crippen LogP) is 3.00. The van der Waals surface area contributed by atoms with Crippen molar-refractivity contribution in [3.8, 4) is 0 Å². The maximum absolute atomic E-state index is 5.99. The highest BCUT2D eigenvalue weighted by atomic mass is 28.3. The Bertz CT molecular complexity index is 416. The Morgan fingerprint density at radius 1 is 1.13 bits per heavy atom. The summed E-state index contributed by atoms with van der Waals surface area (Å²) in [7, 11) is -1.05. The fraction of sp³-hybridized carbons (Fsp3) is 0.385. The van der Waals surface area contributed by atoms with Crippen LogP contribution in [0.4, 0.5) is 0 Å². The number of fused-ring (bicyclic) bond motifs is 1. The SMILES string of the molecule is CC1=C([SiH]2CCCCO2)c2ccccc21. The lowest BCUT2D eigenvalue weighted by Crippen LogP contribution is -2.29. The molecule has 1 unspecified atom stereocenters. The van der Waals surface area contributed by atoms with Gasteiger partial charge in [0.15, 0.2) is 0 Å². The summed E-state index contributed by atoms with van der Waals surface area (Å²) in [5, 5.41) is 1.60. The van der Waals surface area contributed by atoms with Gasteiger partial charge in [-0.25, -0.2) is 0 Å². The summed E-state index contributed by atoms with van der Waals surface area (Å²) < 4.78 is 5.99. The molecule has 2 aliphatic rings. The van der Waals surface area contributed by atoms with Crippen LogP contribution < -0.4 is 0 Å². The molecule has 1 heterocycles. The molecule has 15 heavy (non-hydrogen) atoms. The van der Waals surface area contributed by atoms with Crippen molar-refractivity contribution in [3.63, 3.8) is 0 Å². The summed E-state index contributed by atoms with van der Waals surface area (Å²) >= 11 is 0. The van der Waals surface area contributed by atoms with E-state index in [1.54, 1.807) is 5.20 Å². The zero-order valence-corrected chi connectivity index (χ0v) is 10.3.